The highest BCUT2D eigenvalue weighted by molar-refractivity contribution is 7.92. The van der Waals surface area contributed by atoms with Crippen molar-refractivity contribution in [2.45, 2.75) is 18.7 Å². The van der Waals surface area contributed by atoms with E-state index in [9.17, 15) is 23.3 Å². The predicted molar refractivity (Wildman–Crippen MR) is 96.1 cm³/mol. The molecule has 2 rings (SSSR count). The molecule has 0 aliphatic rings. The van der Waals surface area contributed by atoms with Gasteiger partial charge in [-0.15, -0.1) is 0 Å². The van der Waals surface area contributed by atoms with Crippen molar-refractivity contribution in [3.8, 4) is 0 Å². The molecule has 0 aliphatic heterocycles. The van der Waals surface area contributed by atoms with Crippen LogP contribution in [0.4, 0.5) is 11.4 Å². The summed E-state index contributed by atoms with van der Waals surface area (Å²) in [6, 6.07) is 7.52. The molecule has 0 bridgehead atoms. The Morgan fingerprint density at radius 1 is 1.27 bits per heavy atom. The monoisotopic (exact) mass is 398 g/mol. The number of esters is 1. The molecular weight excluding hydrogens is 384 g/mol. The molecule has 138 valence electrons. The van der Waals surface area contributed by atoms with Crippen LogP contribution in [0.25, 0.3) is 0 Å². The molecule has 2 aromatic carbocycles. The van der Waals surface area contributed by atoms with Crippen LogP contribution < -0.4 is 4.72 Å². The first kappa shape index (κ1) is 19.7. The van der Waals surface area contributed by atoms with Crippen LogP contribution in [0, 0.1) is 17.0 Å². The molecule has 0 aliphatic carbocycles. The fourth-order valence-electron chi connectivity index (χ4n) is 2.10. The van der Waals surface area contributed by atoms with Crippen molar-refractivity contribution in [2.24, 2.45) is 0 Å². The minimum Gasteiger partial charge on any atom is -0.462 e. The van der Waals surface area contributed by atoms with Gasteiger partial charge < -0.3 is 4.74 Å². The number of hydrogen-bond acceptors (Lipinski definition) is 6. The second-order valence-corrected chi connectivity index (χ2v) is 7.32. The molecule has 0 spiro atoms. The topological polar surface area (TPSA) is 116 Å². The zero-order chi connectivity index (χ0) is 19.5. The summed E-state index contributed by atoms with van der Waals surface area (Å²) in [5.74, 6) is -0.585. The number of carbonyl (C=O) groups excluding carboxylic acids is 1. The second-order valence-electron chi connectivity index (χ2n) is 5.23. The van der Waals surface area contributed by atoms with E-state index in [1.807, 2.05) is 0 Å². The molecule has 0 saturated carbocycles. The highest BCUT2D eigenvalue weighted by Gasteiger charge is 2.21. The summed E-state index contributed by atoms with van der Waals surface area (Å²) in [5.41, 5.74) is 0.233. The first-order valence-corrected chi connectivity index (χ1v) is 9.26. The number of aryl methyl sites for hydroxylation is 1. The molecule has 2 aromatic rings. The Kier molecular flexibility index (Phi) is 5.83. The summed E-state index contributed by atoms with van der Waals surface area (Å²) in [7, 11) is -4.11. The van der Waals surface area contributed by atoms with E-state index in [2.05, 4.69) is 4.72 Å². The third kappa shape index (κ3) is 4.30. The van der Waals surface area contributed by atoms with Gasteiger partial charge in [0, 0.05) is 11.6 Å². The molecule has 0 unspecified atom stereocenters. The van der Waals surface area contributed by atoms with Gasteiger partial charge in [-0.3, -0.25) is 14.8 Å². The van der Waals surface area contributed by atoms with Crippen molar-refractivity contribution in [1.82, 2.24) is 0 Å². The lowest BCUT2D eigenvalue weighted by Crippen LogP contribution is -2.14. The molecule has 0 amide bonds. The number of ether oxygens (including phenoxy) is 1. The Morgan fingerprint density at radius 2 is 1.96 bits per heavy atom. The molecule has 1 N–H and O–H groups in total. The van der Waals surface area contributed by atoms with E-state index in [1.165, 1.54) is 37.3 Å². The van der Waals surface area contributed by atoms with Crippen LogP contribution in [0.2, 0.25) is 5.02 Å². The largest absolute Gasteiger partial charge is 0.462 e. The van der Waals surface area contributed by atoms with Crippen LogP contribution in [-0.2, 0) is 14.8 Å². The van der Waals surface area contributed by atoms with Gasteiger partial charge in [0.15, 0.2) is 0 Å². The van der Waals surface area contributed by atoms with E-state index in [0.717, 1.165) is 6.07 Å². The summed E-state index contributed by atoms with van der Waals surface area (Å²) in [5, 5.41) is 11.0. The average molecular weight is 399 g/mol. The number of nitrogens with one attached hydrogen (secondary N) is 1. The predicted octanol–water partition coefficient (Wildman–Crippen LogP) is 3.53. The first-order valence-electron chi connectivity index (χ1n) is 7.40. The van der Waals surface area contributed by atoms with Gasteiger partial charge in [0.2, 0.25) is 0 Å². The van der Waals surface area contributed by atoms with Gasteiger partial charge in [0.05, 0.1) is 32.7 Å². The van der Waals surface area contributed by atoms with E-state index < -0.39 is 20.9 Å². The fourth-order valence-corrected chi connectivity index (χ4v) is 3.48. The van der Waals surface area contributed by atoms with Crippen LogP contribution in [-0.4, -0.2) is 25.9 Å². The van der Waals surface area contributed by atoms with E-state index in [4.69, 9.17) is 16.3 Å². The summed E-state index contributed by atoms with van der Waals surface area (Å²) >= 11 is 6.03. The number of nitrogens with zero attached hydrogens (tertiary/aromatic N) is 1. The van der Waals surface area contributed by atoms with Gasteiger partial charge in [-0.05, 0) is 38.1 Å². The lowest BCUT2D eigenvalue weighted by molar-refractivity contribution is -0.385. The minimum absolute atomic E-state index is 0.0132. The summed E-state index contributed by atoms with van der Waals surface area (Å²) in [4.78, 5) is 21.7. The Balaban J connectivity index is 2.34. The normalized spacial score (nSPS) is 11.0. The molecule has 8 nitrogen and oxygen atoms in total. The summed E-state index contributed by atoms with van der Waals surface area (Å²) < 4.78 is 32.0. The molecule has 0 atom stereocenters. The number of carbonyl (C=O) groups is 1. The molecular formula is C16H15ClN2O6S. The van der Waals surface area contributed by atoms with Gasteiger partial charge in [-0.25, -0.2) is 13.2 Å². The number of nitro groups is 1. The number of benzene rings is 2. The van der Waals surface area contributed by atoms with Gasteiger partial charge in [-0.2, -0.15) is 0 Å². The fraction of sp³-hybridized carbons (Fsp3) is 0.188. The lowest BCUT2D eigenvalue weighted by atomic mass is 10.2. The zero-order valence-electron chi connectivity index (χ0n) is 13.9. The standard InChI is InChI=1S/C16H15ClN2O6S/c1-3-25-16(20)11-5-7-14(13(17)8-11)18-26(23,24)12-6-4-10(2)15(9-12)19(21)22/h4-9,18H,3H2,1-2H3. The number of nitro benzene ring substituents is 1. The maximum atomic E-state index is 12.5. The Labute approximate surface area is 154 Å². The summed E-state index contributed by atoms with van der Waals surface area (Å²) in [6.45, 7) is 3.35. The Bertz CT molecular complexity index is 975. The van der Waals surface area contributed by atoms with Crippen molar-refractivity contribution in [3.05, 3.63) is 62.7 Å². The van der Waals surface area contributed by atoms with E-state index in [0.29, 0.717) is 5.56 Å². The van der Waals surface area contributed by atoms with Crippen LogP contribution in [0.3, 0.4) is 0 Å². The molecule has 10 heteroatoms. The van der Waals surface area contributed by atoms with Crippen LogP contribution in [0.1, 0.15) is 22.8 Å². The third-order valence-corrected chi connectivity index (χ3v) is 5.09. The Morgan fingerprint density at radius 3 is 2.54 bits per heavy atom. The molecule has 0 radical (unpaired) electrons. The maximum absolute atomic E-state index is 12.5. The molecule has 0 fully saturated rings. The van der Waals surface area contributed by atoms with Gasteiger partial charge in [0.1, 0.15) is 0 Å². The van der Waals surface area contributed by atoms with Crippen molar-refractivity contribution >= 4 is 39.0 Å². The maximum Gasteiger partial charge on any atom is 0.338 e. The quantitative estimate of drug-likeness (QED) is 0.452. The lowest BCUT2D eigenvalue weighted by Gasteiger charge is -2.11. The molecule has 26 heavy (non-hydrogen) atoms. The number of anilines is 1. The first-order chi connectivity index (χ1) is 12.2. The molecule has 0 saturated heterocycles. The number of halogens is 1. The van der Waals surface area contributed by atoms with Gasteiger partial charge in [0.25, 0.3) is 15.7 Å². The van der Waals surface area contributed by atoms with E-state index in [1.54, 1.807) is 6.92 Å². The minimum atomic E-state index is -4.11. The molecule has 0 heterocycles. The van der Waals surface area contributed by atoms with Crippen molar-refractivity contribution in [3.63, 3.8) is 0 Å². The number of rotatable bonds is 6. The third-order valence-electron chi connectivity index (χ3n) is 3.41. The zero-order valence-corrected chi connectivity index (χ0v) is 15.4. The van der Waals surface area contributed by atoms with Crippen LogP contribution >= 0.6 is 11.6 Å². The highest BCUT2D eigenvalue weighted by atomic mass is 35.5. The average Bonchev–Trinajstić information content (AvgIpc) is 2.56. The SMILES string of the molecule is CCOC(=O)c1ccc(NS(=O)(=O)c2ccc(C)c([N+](=O)[O-])c2)c(Cl)c1. The Hall–Kier alpha value is -2.65. The number of hydrogen-bond donors (Lipinski definition) is 1. The van der Waals surface area contributed by atoms with Crippen molar-refractivity contribution in [1.29, 1.82) is 0 Å². The van der Waals surface area contributed by atoms with Crippen molar-refractivity contribution in [2.75, 3.05) is 11.3 Å². The van der Waals surface area contributed by atoms with Crippen LogP contribution in [0.15, 0.2) is 41.3 Å². The second kappa shape index (κ2) is 7.71. The molecule has 0 aromatic heterocycles. The highest BCUT2D eigenvalue weighted by Crippen LogP contribution is 2.28. The van der Waals surface area contributed by atoms with E-state index in [-0.39, 0.29) is 33.5 Å². The van der Waals surface area contributed by atoms with Crippen molar-refractivity contribution < 1.29 is 22.9 Å². The smallest absolute Gasteiger partial charge is 0.338 e. The van der Waals surface area contributed by atoms with Gasteiger partial charge in [-0.1, -0.05) is 17.7 Å². The number of sulfonamides is 1. The van der Waals surface area contributed by atoms with Crippen LogP contribution in [0.5, 0.6) is 0 Å². The van der Waals surface area contributed by atoms with Gasteiger partial charge >= 0.3 is 5.97 Å². The summed E-state index contributed by atoms with van der Waals surface area (Å²) in [6.07, 6.45) is 0. The van der Waals surface area contributed by atoms with E-state index >= 15 is 0 Å².